The van der Waals surface area contributed by atoms with Gasteiger partial charge in [0.1, 0.15) is 18.8 Å². The summed E-state index contributed by atoms with van der Waals surface area (Å²) in [5, 5.41) is 0. The Morgan fingerprint density at radius 2 is 2.11 bits per heavy atom. The second kappa shape index (κ2) is 5.69. The number of hydrogen-bond acceptors (Lipinski definition) is 6. The van der Waals surface area contributed by atoms with Crippen LogP contribution in [0.1, 0.15) is 33.6 Å². The van der Waals surface area contributed by atoms with Gasteiger partial charge in [0.25, 0.3) is 0 Å². The van der Waals surface area contributed by atoms with E-state index in [1.54, 1.807) is 0 Å². The molecule has 0 spiro atoms. The van der Waals surface area contributed by atoms with Crippen LogP contribution in [0.2, 0.25) is 0 Å². The average Bonchev–Trinajstić information content (AvgIpc) is 2.64. The van der Waals surface area contributed by atoms with Crippen molar-refractivity contribution >= 4 is 17.7 Å². The number of rotatable bonds is 3. The van der Waals surface area contributed by atoms with Gasteiger partial charge in [0, 0.05) is 32.4 Å². The average molecular weight is 269 g/mol. The van der Waals surface area contributed by atoms with E-state index in [9.17, 15) is 9.59 Å². The fourth-order valence-electron chi connectivity index (χ4n) is 2.57. The Labute approximate surface area is 112 Å². The van der Waals surface area contributed by atoms with Gasteiger partial charge in [0.2, 0.25) is 0 Å². The third kappa shape index (κ3) is 3.53. The zero-order valence-electron chi connectivity index (χ0n) is 11.4. The third-order valence-corrected chi connectivity index (χ3v) is 3.32. The zero-order chi connectivity index (χ0) is 14.0. The molecular weight excluding hydrogens is 250 g/mol. The van der Waals surface area contributed by atoms with Gasteiger partial charge in [-0.3, -0.25) is 14.6 Å². The molecule has 0 saturated carbocycles. The van der Waals surface area contributed by atoms with E-state index in [4.69, 9.17) is 14.2 Å². The summed E-state index contributed by atoms with van der Waals surface area (Å²) in [6.45, 7) is 4.77. The quantitative estimate of drug-likeness (QED) is 0.711. The molecule has 2 heterocycles. The Hall–Kier alpha value is -1.43. The maximum Gasteiger partial charge on any atom is 0.302 e. The monoisotopic (exact) mass is 269 g/mol. The SMILES string of the molecule is CC(=O)OCC1OC2CC(C)=NC2CC1OC(C)=O. The first-order valence-corrected chi connectivity index (χ1v) is 6.45. The predicted molar refractivity (Wildman–Crippen MR) is 67.0 cm³/mol. The van der Waals surface area contributed by atoms with Crippen LogP contribution in [0.15, 0.2) is 4.99 Å². The van der Waals surface area contributed by atoms with Crippen molar-refractivity contribution in [2.75, 3.05) is 6.61 Å². The maximum atomic E-state index is 11.1. The topological polar surface area (TPSA) is 74.2 Å². The Morgan fingerprint density at radius 3 is 2.74 bits per heavy atom. The summed E-state index contributed by atoms with van der Waals surface area (Å²) in [4.78, 5) is 26.5. The molecule has 0 N–H and O–H groups in total. The Morgan fingerprint density at radius 1 is 1.37 bits per heavy atom. The van der Waals surface area contributed by atoms with Gasteiger partial charge in [-0.15, -0.1) is 0 Å². The molecule has 2 aliphatic rings. The highest BCUT2D eigenvalue weighted by molar-refractivity contribution is 5.84. The number of hydrogen-bond donors (Lipinski definition) is 0. The Kier molecular flexibility index (Phi) is 4.19. The molecule has 106 valence electrons. The van der Waals surface area contributed by atoms with Crippen molar-refractivity contribution in [3.05, 3.63) is 0 Å². The summed E-state index contributed by atoms with van der Waals surface area (Å²) in [6, 6.07) is 0.0397. The van der Waals surface area contributed by atoms with E-state index in [0.717, 1.165) is 12.1 Å². The number of aliphatic imine (C=N–C) groups is 1. The van der Waals surface area contributed by atoms with Crippen molar-refractivity contribution in [3.63, 3.8) is 0 Å². The van der Waals surface area contributed by atoms with Crippen LogP contribution in [0, 0.1) is 0 Å². The summed E-state index contributed by atoms with van der Waals surface area (Å²) >= 11 is 0. The van der Waals surface area contributed by atoms with Gasteiger partial charge in [-0.1, -0.05) is 0 Å². The lowest BCUT2D eigenvalue weighted by atomic mass is 9.96. The van der Waals surface area contributed by atoms with E-state index in [1.807, 2.05) is 6.92 Å². The minimum Gasteiger partial charge on any atom is -0.463 e. The van der Waals surface area contributed by atoms with Gasteiger partial charge < -0.3 is 14.2 Å². The highest BCUT2D eigenvalue weighted by atomic mass is 16.6. The van der Waals surface area contributed by atoms with E-state index in [2.05, 4.69) is 4.99 Å². The van der Waals surface area contributed by atoms with Crippen LogP contribution in [0.3, 0.4) is 0 Å². The van der Waals surface area contributed by atoms with Gasteiger partial charge in [0.05, 0.1) is 12.1 Å². The molecule has 0 aromatic carbocycles. The number of esters is 2. The lowest BCUT2D eigenvalue weighted by Gasteiger charge is -2.36. The summed E-state index contributed by atoms with van der Waals surface area (Å²) in [6.07, 6.45) is 0.594. The predicted octanol–water partition coefficient (Wildman–Crippen LogP) is 0.872. The minimum absolute atomic E-state index is 0.00682. The normalized spacial score (nSPS) is 33.3. The number of fused-ring (bicyclic) bond motifs is 1. The second-order valence-electron chi connectivity index (χ2n) is 5.04. The van der Waals surface area contributed by atoms with E-state index in [-0.39, 0.29) is 30.7 Å². The standard InChI is InChI=1S/C13H19NO5/c1-7-4-11-10(14-7)5-12(18-9(3)16)13(19-11)6-17-8(2)15/h10-13H,4-6H2,1-3H3. The summed E-state index contributed by atoms with van der Waals surface area (Å²) in [7, 11) is 0. The van der Waals surface area contributed by atoms with Gasteiger partial charge in [0.15, 0.2) is 0 Å². The molecule has 0 aromatic rings. The fourth-order valence-corrected chi connectivity index (χ4v) is 2.57. The van der Waals surface area contributed by atoms with Crippen LogP contribution in [0.5, 0.6) is 0 Å². The van der Waals surface area contributed by atoms with E-state index >= 15 is 0 Å². The van der Waals surface area contributed by atoms with Crippen LogP contribution < -0.4 is 0 Å². The first kappa shape index (κ1) is 14.0. The van der Waals surface area contributed by atoms with E-state index in [1.165, 1.54) is 13.8 Å². The zero-order valence-corrected chi connectivity index (χ0v) is 11.4. The summed E-state index contributed by atoms with van der Waals surface area (Å²) in [5.74, 6) is -0.732. The molecule has 1 fully saturated rings. The fraction of sp³-hybridized carbons (Fsp3) is 0.769. The smallest absolute Gasteiger partial charge is 0.302 e. The molecular formula is C13H19NO5. The lowest BCUT2D eigenvalue weighted by Crippen LogP contribution is -2.48. The van der Waals surface area contributed by atoms with Crippen LogP contribution in [0.25, 0.3) is 0 Å². The molecule has 4 unspecified atom stereocenters. The van der Waals surface area contributed by atoms with Crippen molar-refractivity contribution < 1.29 is 23.8 Å². The first-order chi connectivity index (χ1) is 8.95. The summed E-state index contributed by atoms with van der Waals surface area (Å²) < 4.78 is 16.1. The molecule has 0 radical (unpaired) electrons. The van der Waals surface area contributed by atoms with Crippen molar-refractivity contribution in [3.8, 4) is 0 Å². The summed E-state index contributed by atoms with van der Waals surface area (Å²) in [5.41, 5.74) is 1.05. The molecule has 0 aliphatic carbocycles. The van der Waals surface area contributed by atoms with Gasteiger partial charge in [-0.2, -0.15) is 0 Å². The highest BCUT2D eigenvalue weighted by Gasteiger charge is 2.42. The van der Waals surface area contributed by atoms with Gasteiger partial charge >= 0.3 is 11.9 Å². The molecule has 0 bridgehead atoms. The van der Waals surface area contributed by atoms with Crippen LogP contribution in [0.4, 0.5) is 0 Å². The van der Waals surface area contributed by atoms with Crippen molar-refractivity contribution in [1.82, 2.24) is 0 Å². The van der Waals surface area contributed by atoms with E-state index < -0.39 is 12.2 Å². The van der Waals surface area contributed by atoms with Gasteiger partial charge in [-0.25, -0.2) is 0 Å². The molecule has 4 atom stereocenters. The minimum atomic E-state index is -0.409. The Balaban J connectivity index is 2.02. The largest absolute Gasteiger partial charge is 0.463 e. The first-order valence-electron chi connectivity index (χ1n) is 6.45. The molecule has 6 nitrogen and oxygen atoms in total. The van der Waals surface area contributed by atoms with Crippen molar-refractivity contribution in [1.29, 1.82) is 0 Å². The number of carbonyl (C=O) groups is 2. The van der Waals surface area contributed by atoms with Crippen molar-refractivity contribution in [2.45, 2.75) is 58.0 Å². The highest BCUT2D eigenvalue weighted by Crippen LogP contribution is 2.31. The number of ether oxygens (including phenoxy) is 3. The molecule has 19 heavy (non-hydrogen) atoms. The van der Waals surface area contributed by atoms with Gasteiger partial charge in [-0.05, 0) is 6.92 Å². The van der Waals surface area contributed by atoms with Crippen LogP contribution in [-0.4, -0.2) is 48.6 Å². The van der Waals surface area contributed by atoms with Crippen molar-refractivity contribution in [2.24, 2.45) is 4.99 Å². The Bertz CT molecular complexity index is 406. The number of nitrogens with zero attached hydrogens (tertiary/aromatic N) is 1. The molecule has 2 rings (SSSR count). The molecule has 1 saturated heterocycles. The molecule has 2 aliphatic heterocycles. The second-order valence-corrected chi connectivity index (χ2v) is 5.04. The maximum absolute atomic E-state index is 11.1. The van der Waals surface area contributed by atoms with Crippen LogP contribution in [-0.2, 0) is 23.8 Å². The van der Waals surface area contributed by atoms with E-state index in [0.29, 0.717) is 6.42 Å². The lowest BCUT2D eigenvalue weighted by molar-refractivity contribution is -0.181. The molecule has 6 heteroatoms. The van der Waals surface area contributed by atoms with Crippen LogP contribution >= 0.6 is 0 Å². The number of carbonyl (C=O) groups excluding carboxylic acids is 2. The molecule has 0 amide bonds. The third-order valence-electron chi connectivity index (χ3n) is 3.32. The molecule has 0 aromatic heterocycles.